The zero-order valence-electron chi connectivity index (χ0n) is 12.2. The van der Waals surface area contributed by atoms with Gasteiger partial charge in [0, 0.05) is 17.7 Å². The lowest BCUT2D eigenvalue weighted by molar-refractivity contribution is 0.103. The van der Waals surface area contributed by atoms with E-state index in [1.807, 2.05) is 18.2 Å². The summed E-state index contributed by atoms with van der Waals surface area (Å²) in [6.45, 7) is 3.17. The van der Waals surface area contributed by atoms with Gasteiger partial charge in [0.2, 0.25) is 0 Å². The third kappa shape index (κ3) is 3.35. The molecule has 0 spiro atoms. The molecule has 0 amide bonds. The molecule has 1 aliphatic rings. The summed E-state index contributed by atoms with van der Waals surface area (Å²) in [5, 5.41) is 0.722. The quantitative estimate of drug-likeness (QED) is 0.747. The van der Waals surface area contributed by atoms with Crippen molar-refractivity contribution in [2.45, 2.75) is 19.4 Å². The number of carbonyl (C=O) groups is 1. The minimum atomic E-state index is -0.0872. The number of nitrogens with zero attached hydrogens (tertiary/aromatic N) is 1. The first kappa shape index (κ1) is 15.5. The molecule has 0 aromatic heterocycles. The molecule has 0 saturated carbocycles. The van der Waals surface area contributed by atoms with Gasteiger partial charge in [-0.15, -0.1) is 0 Å². The van der Waals surface area contributed by atoms with E-state index in [-0.39, 0.29) is 5.78 Å². The van der Waals surface area contributed by atoms with Crippen LogP contribution in [-0.2, 0) is 6.54 Å². The highest BCUT2D eigenvalue weighted by Crippen LogP contribution is 2.27. The summed E-state index contributed by atoms with van der Waals surface area (Å²) in [7, 11) is 0. The summed E-state index contributed by atoms with van der Waals surface area (Å²) in [5.74, 6) is -0.0872. The molecule has 4 heteroatoms. The molecular formula is C18H17Cl2NO. The van der Waals surface area contributed by atoms with E-state index in [0.717, 1.165) is 25.2 Å². The Labute approximate surface area is 140 Å². The third-order valence-corrected chi connectivity index (χ3v) is 4.81. The van der Waals surface area contributed by atoms with Crippen molar-refractivity contribution in [2.24, 2.45) is 0 Å². The Morgan fingerprint density at radius 1 is 1.05 bits per heavy atom. The fourth-order valence-electron chi connectivity index (χ4n) is 2.84. The second kappa shape index (κ2) is 6.82. The number of likely N-dealkylation sites (tertiary alicyclic amines) is 1. The van der Waals surface area contributed by atoms with Crippen LogP contribution in [0.25, 0.3) is 0 Å². The SMILES string of the molecule is O=C(c1cccc(CN2CCCC2)c1)c1cccc(Cl)c1Cl. The number of carbonyl (C=O) groups excluding carboxylic acids is 1. The highest BCUT2D eigenvalue weighted by Gasteiger charge is 2.16. The summed E-state index contributed by atoms with van der Waals surface area (Å²) in [4.78, 5) is 15.1. The average molecular weight is 334 g/mol. The van der Waals surface area contributed by atoms with Gasteiger partial charge in [0.25, 0.3) is 0 Å². The Morgan fingerprint density at radius 2 is 1.77 bits per heavy atom. The zero-order valence-corrected chi connectivity index (χ0v) is 13.7. The number of ketones is 1. The van der Waals surface area contributed by atoms with Crippen molar-refractivity contribution in [3.05, 3.63) is 69.2 Å². The number of halogens is 2. The summed E-state index contributed by atoms with van der Waals surface area (Å²) in [6.07, 6.45) is 2.52. The van der Waals surface area contributed by atoms with Crippen molar-refractivity contribution in [1.82, 2.24) is 4.90 Å². The lowest BCUT2D eigenvalue weighted by Gasteiger charge is -2.15. The van der Waals surface area contributed by atoms with Crippen molar-refractivity contribution in [1.29, 1.82) is 0 Å². The third-order valence-electron chi connectivity index (χ3n) is 3.99. The van der Waals surface area contributed by atoms with E-state index >= 15 is 0 Å². The maximum absolute atomic E-state index is 12.7. The van der Waals surface area contributed by atoms with E-state index in [9.17, 15) is 4.79 Å². The molecular weight excluding hydrogens is 317 g/mol. The van der Waals surface area contributed by atoms with Gasteiger partial charge in [-0.2, -0.15) is 0 Å². The minimum absolute atomic E-state index is 0.0872. The van der Waals surface area contributed by atoms with Crippen molar-refractivity contribution < 1.29 is 4.79 Å². The Kier molecular flexibility index (Phi) is 4.82. The van der Waals surface area contributed by atoms with E-state index in [0.29, 0.717) is 21.2 Å². The monoisotopic (exact) mass is 333 g/mol. The van der Waals surface area contributed by atoms with Crippen LogP contribution in [0.5, 0.6) is 0 Å². The Balaban J connectivity index is 1.84. The van der Waals surface area contributed by atoms with Gasteiger partial charge in [-0.25, -0.2) is 0 Å². The van der Waals surface area contributed by atoms with E-state index in [4.69, 9.17) is 23.2 Å². The Morgan fingerprint density at radius 3 is 2.55 bits per heavy atom. The van der Waals surface area contributed by atoms with E-state index in [1.54, 1.807) is 18.2 Å². The molecule has 0 bridgehead atoms. The standard InChI is InChI=1S/C18H17Cl2NO/c19-16-8-4-7-15(17(16)20)18(22)14-6-3-5-13(11-14)12-21-9-1-2-10-21/h3-8,11H,1-2,9-10,12H2. The van der Waals surface area contributed by atoms with Gasteiger partial charge in [0.05, 0.1) is 10.0 Å². The molecule has 1 fully saturated rings. The van der Waals surface area contributed by atoms with Crippen LogP contribution in [0.2, 0.25) is 10.0 Å². The molecule has 2 nitrogen and oxygen atoms in total. The first-order valence-corrected chi connectivity index (χ1v) is 8.21. The van der Waals surface area contributed by atoms with Gasteiger partial charge in [0.15, 0.2) is 5.78 Å². The smallest absolute Gasteiger partial charge is 0.194 e. The van der Waals surface area contributed by atoms with E-state index in [1.165, 1.54) is 12.8 Å². The topological polar surface area (TPSA) is 20.3 Å². The van der Waals surface area contributed by atoms with Gasteiger partial charge in [-0.1, -0.05) is 47.5 Å². The molecule has 0 N–H and O–H groups in total. The van der Waals surface area contributed by atoms with Crippen molar-refractivity contribution >= 4 is 29.0 Å². The maximum atomic E-state index is 12.7. The molecule has 0 unspecified atom stereocenters. The van der Waals surface area contributed by atoms with Crippen LogP contribution in [0.15, 0.2) is 42.5 Å². The van der Waals surface area contributed by atoms with Crippen molar-refractivity contribution in [3.63, 3.8) is 0 Å². The maximum Gasteiger partial charge on any atom is 0.194 e. The number of hydrogen-bond donors (Lipinski definition) is 0. The minimum Gasteiger partial charge on any atom is -0.299 e. The summed E-state index contributed by atoms with van der Waals surface area (Å²) in [5.41, 5.74) is 2.26. The molecule has 0 radical (unpaired) electrons. The molecule has 1 saturated heterocycles. The van der Waals surface area contributed by atoms with Crippen LogP contribution < -0.4 is 0 Å². The van der Waals surface area contributed by atoms with Gasteiger partial charge < -0.3 is 0 Å². The van der Waals surface area contributed by atoms with Crippen LogP contribution in [0.3, 0.4) is 0 Å². The van der Waals surface area contributed by atoms with Crippen molar-refractivity contribution in [2.75, 3.05) is 13.1 Å². The van der Waals surface area contributed by atoms with Crippen LogP contribution in [0.4, 0.5) is 0 Å². The summed E-state index contributed by atoms with van der Waals surface area (Å²) >= 11 is 12.2. The molecule has 2 aromatic rings. The van der Waals surface area contributed by atoms with Crippen LogP contribution in [0, 0.1) is 0 Å². The van der Waals surface area contributed by atoms with E-state index in [2.05, 4.69) is 11.0 Å². The number of benzene rings is 2. The molecule has 0 atom stereocenters. The van der Waals surface area contributed by atoms with Crippen LogP contribution in [0.1, 0.15) is 34.3 Å². The predicted octanol–water partition coefficient (Wildman–Crippen LogP) is 4.82. The number of rotatable bonds is 4. The van der Waals surface area contributed by atoms with Crippen LogP contribution in [-0.4, -0.2) is 23.8 Å². The summed E-state index contributed by atoms with van der Waals surface area (Å²) in [6, 6.07) is 12.9. The van der Waals surface area contributed by atoms with Gasteiger partial charge >= 0.3 is 0 Å². The van der Waals surface area contributed by atoms with Gasteiger partial charge in [-0.05, 0) is 49.7 Å². The second-order valence-electron chi connectivity index (χ2n) is 5.61. The van der Waals surface area contributed by atoms with Crippen LogP contribution >= 0.6 is 23.2 Å². The first-order chi connectivity index (χ1) is 10.6. The Hall–Kier alpha value is -1.35. The fourth-order valence-corrected chi connectivity index (χ4v) is 3.23. The highest BCUT2D eigenvalue weighted by atomic mass is 35.5. The first-order valence-electron chi connectivity index (χ1n) is 7.45. The normalized spacial score (nSPS) is 15.2. The summed E-state index contributed by atoms with van der Waals surface area (Å²) < 4.78 is 0. The molecule has 3 rings (SSSR count). The zero-order chi connectivity index (χ0) is 15.5. The Bertz CT molecular complexity index is 693. The molecule has 1 heterocycles. The molecule has 0 aliphatic carbocycles. The largest absolute Gasteiger partial charge is 0.299 e. The lowest BCUT2D eigenvalue weighted by atomic mass is 10.0. The van der Waals surface area contributed by atoms with E-state index < -0.39 is 0 Å². The van der Waals surface area contributed by atoms with Crippen molar-refractivity contribution in [3.8, 4) is 0 Å². The van der Waals surface area contributed by atoms with Gasteiger partial charge in [0.1, 0.15) is 0 Å². The fraction of sp³-hybridized carbons (Fsp3) is 0.278. The lowest BCUT2D eigenvalue weighted by Crippen LogP contribution is -2.18. The number of hydrogen-bond acceptors (Lipinski definition) is 2. The highest BCUT2D eigenvalue weighted by molar-refractivity contribution is 6.44. The molecule has 114 valence electrons. The predicted molar refractivity (Wildman–Crippen MR) is 90.8 cm³/mol. The second-order valence-corrected chi connectivity index (χ2v) is 6.40. The molecule has 22 heavy (non-hydrogen) atoms. The average Bonchev–Trinajstić information content (AvgIpc) is 3.02. The van der Waals surface area contributed by atoms with Gasteiger partial charge in [-0.3, -0.25) is 9.69 Å². The molecule has 2 aromatic carbocycles. The molecule has 1 aliphatic heterocycles.